The Morgan fingerprint density at radius 1 is 1.16 bits per heavy atom. The number of nitrogens with zero attached hydrogens (tertiary/aromatic N) is 2. The summed E-state index contributed by atoms with van der Waals surface area (Å²) in [5.74, 6) is -0.248. The molecule has 0 saturated heterocycles. The summed E-state index contributed by atoms with van der Waals surface area (Å²) in [6.45, 7) is 3.40. The Labute approximate surface area is 148 Å². The fraction of sp³-hybridized carbons (Fsp3) is 0.375. The van der Waals surface area contributed by atoms with Crippen LogP contribution in [0.2, 0.25) is 5.02 Å². The highest BCUT2D eigenvalue weighted by Gasteiger charge is 2.34. The first-order valence-corrected chi connectivity index (χ1v) is 7.93. The Bertz CT molecular complexity index is 708. The van der Waals surface area contributed by atoms with Gasteiger partial charge in [0.15, 0.2) is 5.69 Å². The quantitative estimate of drug-likeness (QED) is 0.702. The Morgan fingerprint density at radius 2 is 1.80 bits per heavy atom. The number of benzene rings is 1. The van der Waals surface area contributed by atoms with Crippen LogP contribution >= 0.6 is 11.6 Å². The maximum absolute atomic E-state index is 13.1. The number of hydrogen-bond donors (Lipinski definition) is 3. The molecule has 0 unspecified atom stereocenters. The van der Waals surface area contributed by atoms with Gasteiger partial charge in [0.05, 0.1) is 12.6 Å². The van der Waals surface area contributed by atoms with Gasteiger partial charge < -0.3 is 15.7 Å². The van der Waals surface area contributed by atoms with E-state index in [0.29, 0.717) is 10.7 Å². The number of nitrogens with one attached hydrogen (secondary N) is 2. The van der Waals surface area contributed by atoms with Crippen LogP contribution in [0.1, 0.15) is 19.5 Å². The van der Waals surface area contributed by atoms with E-state index in [0.717, 1.165) is 6.07 Å². The van der Waals surface area contributed by atoms with Gasteiger partial charge in [-0.1, -0.05) is 25.4 Å². The average molecular weight is 375 g/mol. The minimum absolute atomic E-state index is 0.0178. The van der Waals surface area contributed by atoms with Crippen molar-refractivity contribution in [1.29, 1.82) is 0 Å². The standard InChI is InChI=1S/C16H18ClF3N4O/c1-9(2)12(8-25)22-15-23-13(16(18,19)20)7-14(24-15)21-11-5-3-10(17)4-6-11/h3-7,9,12,25H,8H2,1-2H3,(H2,21,22,23,24)/t12-/m1/s1. The zero-order valence-corrected chi connectivity index (χ0v) is 14.4. The Morgan fingerprint density at radius 3 is 2.32 bits per heavy atom. The molecule has 25 heavy (non-hydrogen) atoms. The molecule has 1 heterocycles. The Hall–Kier alpha value is -2.06. The van der Waals surface area contributed by atoms with Crippen LogP contribution in [-0.2, 0) is 6.18 Å². The lowest BCUT2D eigenvalue weighted by Gasteiger charge is -2.21. The second kappa shape index (κ2) is 7.88. The first-order valence-electron chi connectivity index (χ1n) is 7.55. The molecule has 1 aromatic heterocycles. The van der Waals surface area contributed by atoms with Crippen molar-refractivity contribution >= 4 is 29.1 Å². The van der Waals surface area contributed by atoms with Crippen LogP contribution in [0.5, 0.6) is 0 Å². The summed E-state index contributed by atoms with van der Waals surface area (Å²) < 4.78 is 39.3. The second-order valence-corrected chi connectivity index (χ2v) is 6.21. The van der Waals surface area contributed by atoms with Gasteiger partial charge in [0.1, 0.15) is 5.82 Å². The lowest BCUT2D eigenvalue weighted by Crippen LogP contribution is -2.30. The number of aliphatic hydroxyl groups is 1. The van der Waals surface area contributed by atoms with Gasteiger partial charge in [0.2, 0.25) is 5.95 Å². The van der Waals surface area contributed by atoms with Crippen molar-refractivity contribution in [3.8, 4) is 0 Å². The van der Waals surface area contributed by atoms with E-state index >= 15 is 0 Å². The summed E-state index contributed by atoms with van der Waals surface area (Å²) in [6.07, 6.45) is -4.62. The molecular weight excluding hydrogens is 357 g/mol. The molecule has 0 bridgehead atoms. The molecule has 1 atom stereocenters. The first-order chi connectivity index (χ1) is 11.7. The number of alkyl halides is 3. The predicted molar refractivity (Wildman–Crippen MR) is 91.1 cm³/mol. The number of rotatable bonds is 6. The van der Waals surface area contributed by atoms with Gasteiger partial charge in [-0.3, -0.25) is 0 Å². The monoisotopic (exact) mass is 374 g/mol. The lowest BCUT2D eigenvalue weighted by molar-refractivity contribution is -0.141. The summed E-state index contributed by atoms with van der Waals surface area (Å²) in [7, 11) is 0. The first kappa shape index (κ1) is 19.3. The minimum atomic E-state index is -4.62. The molecule has 136 valence electrons. The van der Waals surface area contributed by atoms with Crippen LogP contribution in [0.3, 0.4) is 0 Å². The van der Waals surface area contributed by atoms with Crippen LogP contribution in [0.15, 0.2) is 30.3 Å². The van der Waals surface area contributed by atoms with Crippen molar-refractivity contribution < 1.29 is 18.3 Å². The largest absolute Gasteiger partial charge is 0.433 e. The van der Waals surface area contributed by atoms with E-state index in [4.69, 9.17) is 11.6 Å². The second-order valence-electron chi connectivity index (χ2n) is 5.77. The normalized spacial score (nSPS) is 13.0. The van der Waals surface area contributed by atoms with Gasteiger partial charge in [0, 0.05) is 16.8 Å². The van der Waals surface area contributed by atoms with Crippen molar-refractivity contribution in [2.45, 2.75) is 26.1 Å². The molecule has 0 fully saturated rings. The maximum atomic E-state index is 13.1. The molecule has 3 N–H and O–H groups in total. The third-order valence-electron chi connectivity index (χ3n) is 3.45. The van der Waals surface area contributed by atoms with E-state index < -0.39 is 17.9 Å². The molecule has 2 rings (SSSR count). The summed E-state index contributed by atoms with van der Waals surface area (Å²) in [5, 5.41) is 15.4. The molecule has 0 aliphatic carbocycles. The summed E-state index contributed by atoms with van der Waals surface area (Å²) in [5.41, 5.74) is -0.549. The van der Waals surface area contributed by atoms with E-state index in [1.165, 1.54) is 0 Å². The molecule has 0 saturated carbocycles. The highest BCUT2D eigenvalue weighted by molar-refractivity contribution is 6.30. The van der Waals surface area contributed by atoms with Crippen LogP contribution in [0.4, 0.5) is 30.6 Å². The van der Waals surface area contributed by atoms with Crippen molar-refractivity contribution in [2.24, 2.45) is 5.92 Å². The lowest BCUT2D eigenvalue weighted by atomic mass is 10.1. The van der Waals surface area contributed by atoms with Crippen molar-refractivity contribution in [3.05, 3.63) is 41.0 Å². The molecule has 0 aliphatic rings. The molecule has 0 spiro atoms. The Kier molecular flexibility index (Phi) is 6.07. The summed E-state index contributed by atoms with van der Waals surface area (Å²) in [4.78, 5) is 7.57. The summed E-state index contributed by atoms with van der Waals surface area (Å²) in [6, 6.07) is 6.81. The van der Waals surface area contributed by atoms with Crippen molar-refractivity contribution in [2.75, 3.05) is 17.2 Å². The van der Waals surface area contributed by atoms with Crippen LogP contribution in [0, 0.1) is 5.92 Å². The van der Waals surface area contributed by atoms with E-state index in [9.17, 15) is 18.3 Å². The maximum Gasteiger partial charge on any atom is 0.433 e. The molecule has 5 nitrogen and oxygen atoms in total. The van der Waals surface area contributed by atoms with E-state index in [2.05, 4.69) is 20.6 Å². The summed E-state index contributed by atoms with van der Waals surface area (Å²) >= 11 is 5.79. The number of aromatic nitrogens is 2. The Balaban J connectivity index is 2.34. The van der Waals surface area contributed by atoms with Gasteiger partial charge in [-0.2, -0.15) is 18.2 Å². The molecule has 0 amide bonds. The van der Waals surface area contributed by atoms with Crippen molar-refractivity contribution in [1.82, 2.24) is 9.97 Å². The van der Waals surface area contributed by atoms with Crippen LogP contribution < -0.4 is 10.6 Å². The zero-order chi connectivity index (χ0) is 18.6. The fourth-order valence-electron chi connectivity index (χ4n) is 1.99. The molecule has 1 aromatic carbocycles. The molecule has 2 aromatic rings. The fourth-order valence-corrected chi connectivity index (χ4v) is 2.12. The SMILES string of the molecule is CC(C)[C@@H](CO)Nc1nc(Nc2ccc(Cl)cc2)cc(C(F)(F)F)n1. The third-order valence-corrected chi connectivity index (χ3v) is 3.70. The zero-order valence-electron chi connectivity index (χ0n) is 13.6. The van der Waals surface area contributed by atoms with Gasteiger partial charge in [0.25, 0.3) is 0 Å². The topological polar surface area (TPSA) is 70.1 Å². The van der Waals surface area contributed by atoms with Crippen LogP contribution in [0.25, 0.3) is 0 Å². The molecular formula is C16H18ClF3N4O. The van der Waals surface area contributed by atoms with Gasteiger partial charge in [-0.25, -0.2) is 4.98 Å². The van der Waals surface area contributed by atoms with E-state index in [-0.39, 0.29) is 24.3 Å². The number of aliphatic hydroxyl groups excluding tert-OH is 1. The van der Waals surface area contributed by atoms with Gasteiger partial charge >= 0.3 is 6.18 Å². The smallest absolute Gasteiger partial charge is 0.394 e. The highest BCUT2D eigenvalue weighted by Crippen LogP contribution is 2.30. The van der Waals surface area contributed by atoms with Gasteiger partial charge in [-0.15, -0.1) is 0 Å². The number of hydrogen-bond acceptors (Lipinski definition) is 5. The number of anilines is 3. The predicted octanol–water partition coefficient (Wildman–Crippen LogP) is 4.32. The highest BCUT2D eigenvalue weighted by atomic mass is 35.5. The molecule has 0 radical (unpaired) electrons. The number of halogens is 4. The van der Waals surface area contributed by atoms with E-state index in [1.54, 1.807) is 24.3 Å². The van der Waals surface area contributed by atoms with Gasteiger partial charge in [-0.05, 0) is 30.2 Å². The molecule has 9 heteroatoms. The minimum Gasteiger partial charge on any atom is -0.394 e. The van der Waals surface area contributed by atoms with E-state index in [1.807, 2.05) is 13.8 Å². The van der Waals surface area contributed by atoms with Crippen LogP contribution in [-0.4, -0.2) is 27.7 Å². The average Bonchev–Trinajstić information content (AvgIpc) is 2.53. The molecule has 0 aliphatic heterocycles. The third kappa shape index (κ3) is 5.47. The van der Waals surface area contributed by atoms with Crippen molar-refractivity contribution in [3.63, 3.8) is 0 Å².